The lowest BCUT2D eigenvalue weighted by Gasteiger charge is -2.15. The molecule has 5 nitrogen and oxygen atoms in total. The van der Waals surface area contributed by atoms with Crippen LogP contribution >= 0.6 is 0 Å². The van der Waals surface area contributed by atoms with Crippen LogP contribution in [0.25, 0.3) is 21.5 Å². The molecular formula is C28H21F3N4O. The molecule has 0 fully saturated rings. The van der Waals surface area contributed by atoms with Crippen LogP contribution in [-0.2, 0) is 12.6 Å². The van der Waals surface area contributed by atoms with Gasteiger partial charge in [-0.05, 0) is 47.7 Å². The number of carbonyl (C=O) groups excluding carboxylic acids is 1. The van der Waals surface area contributed by atoms with Crippen LogP contribution in [0, 0.1) is 6.92 Å². The molecule has 0 spiro atoms. The molecule has 0 atom stereocenters. The molecule has 0 aliphatic heterocycles. The minimum Gasteiger partial charge on any atom is -0.383 e. The van der Waals surface area contributed by atoms with E-state index in [-0.39, 0.29) is 12.3 Å². The quantitative estimate of drug-likeness (QED) is 0.302. The number of pyridine rings is 2. The van der Waals surface area contributed by atoms with E-state index in [4.69, 9.17) is 5.73 Å². The number of nitrogen functional groups attached to an aromatic ring is 1. The summed E-state index contributed by atoms with van der Waals surface area (Å²) >= 11 is 0. The molecule has 2 aromatic heterocycles. The largest absolute Gasteiger partial charge is 0.416 e. The molecule has 1 amide bonds. The summed E-state index contributed by atoms with van der Waals surface area (Å²) in [6.07, 6.45) is -1.04. The molecule has 0 unspecified atom stereocenters. The van der Waals surface area contributed by atoms with Gasteiger partial charge in [0.15, 0.2) is 0 Å². The summed E-state index contributed by atoms with van der Waals surface area (Å²) in [6.45, 7) is 1.88. The molecule has 36 heavy (non-hydrogen) atoms. The van der Waals surface area contributed by atoms with Crippen LogP contribution < -0.4 is 11.1 Å². The number of hydrogen-bond donors (Lipinski definition) is 2. The van der Waals surface area contributed by atoms with Crippen molar-refractivity contribution < 1.29 is 18.0 Å². The monoisotopic (exact) mass is 486 g/mol. The van der Waals surface area contributed by atoms with Crippen molar-refractivity contribution in [3.8, 4) is 0 Å². The SMILES string of the molecule is Cc1ccc2c(Cc3cccc(C(F)(F)F)c3)nccc2c1NC(=O)c1cccc2c(N)nccc12. The summed E-state index contributed by atoms with van der Waals surface area (Å²) in [5, 5.41) is 5.90. The predicted octanol–water partition coefficient (Wildman–Crippen LogP) is 6.54. The zero-order valence-electron chi connectivity index (χ0n) is 19.2. The van der Waals surface area contributed by atoms with E-state index in [9.17, 15) is 18.0 Å². The maximum atomic E-state index is 13.3. The van der Waals surface area contributed by atoms with Gasteiger partial charge in [-0.15, -0.1) is 0 Å². The van der Waals surface area contributed by atoms with Gasteiger partial charge < -0.3 is 11.1 Å². The average Bonchev–Trinajstić information content (AvgIpc) is 2.85. The van der Waals surface area contributed by atoms with E-state index in [1.807, 2.05) is 25.1 Å². The van der Waals surface area contributed by atoms with E-state index >= 15 is 0 Å². The lowest BCUT2D eigenvalue weighted by Crippen LogP contribution is -2.14. The van der Waals surface area contributed by atoms with E-state index < -0.39 is 11.7 Å². The Morgan fingerprint density at radius 3 is 2.44 bits per heavy atom. The second kappa shape index (κ2) is 8.96. The maximum absolute atomic E-state index is 13.3. The third kappa shape index (κ3) is 4.33. The Balaban J connectivity index is 1.53. The van der Waals surface area contributed by atoms with Gasteiger partial charge in [-0.1, -0.05) is 42.5 Å². The predicted molar refractivity (Wildman–Crippen MR) is 135 cm³/mol. The number of benzene rings is 3. The minimum absolute atomic E-state index is 0.216. The average molecular weight is 486 g/mol. The summed E-state index contributed by atoms with van der Waals surface area (Å²) in [6, 6.07) is 17.8. The van der Waals surface area contributed by atoms with Gasteiger partial charge in [0.25, 0.3) is 5.91 Å². The van der Waals surface area contributed by atoms with Gasteiger partial charge in [0.1, 0.15) is 5.82 Å². The number of aryl methyl sites for hydroxylation is 1. The molecule has 0 saturated heterocycles. The molecule has 180 valence electrons. The van der Waals surface area contributed by atoms with Crippen molar-refractivity contribution in [1.82, 2.24) is 9.97 Å². The summed E-state index contributed by atoms with van der Waals surface area (Å²) in [7, 11) is 0. The zero-order chi connectivity index (χ0) is 25.4. The van der Waals surface area contributed by atoms with Crippen molar-refractivity contribution in [2.24, 2.45) is 0 Å². The van der Waals surface area contributed by atoms with Gasteiger partial charge >= 0.3 is 6.18 Å². The second-order valence-electron chi connectivity index (χ2n) is 8.54. The van der Waals surface area contributed by atoms with Gasteiger partial charge in [-0.3, -0.25) is 9.78 Å². The Morgan fingerprint density at radius 1 is 0.889 bits per heavy atom. The smallest absolute Gasteiger partial charge is 0.383 e. The first-order valence-electron chi connectivity index (χ1n) is 11.2. The third-order valence-electron chi connectivity index (χ3n) is 6.18. The number of hydrogen-bond acceptors (Lipinski definition) is 4. The van der Waals surface area contributed by atoms with Gasteiger partial charge in [0.05, 0.1) is 16.9 Å². The van der Waals surface area contributed by atoms with Crippen molar-refractivity contribution in [1.29, 1.82) is 0 Å². The molecule has 3 N–H and O–H groups in total. The molecular weight excluding hydrogens is 465 g/mol. The maximum Gasteiger partial charge on any atom is 0.416 e. The van der Waals surface area contributed by atoms with Gasteiger partial charge in [-0.25, -0.2) is 4.98 Å². The van der Waals surface area contributed by atoms with Crippen LogP contribution in [0.3, 0.4) is 0 Å². The molecule has 5 rings (SSSR count). The van der Waals surface area contributed by atoms with Crippen LogP contribution in [0.5, 0.6) is 0 Å². The molecule has 0 radical (unpaired) electrons. The number of anilines is 2. The first-order chi connectivity index (χ1) is 17.2. The number of alkyl halides is 3. The fourth-order valence-corrected chi connectivity index (χ4v) is 4.39. The number of nitrogens with two attached hydrogens (primary N) is 1. The fourth-order valence-electron chi connectivity index (χ4n) is 4.39. The van der Waals surface area contributed by atoms with Gasteiger partial charge in [-0.2, -0.15) is 13.2 Å². The Morgan fingerprint density at radius 2 is 1.64 bits per heavy atom. The number of nitrogens with one attached hydrogen (secondary N) is 1. The lowest BCUT2D eigenvalue weighted by atomic mass is 9.99. The molecule has 3 aromatic carbocycles. The van der Waals surface area contributed by atoms with E-state index in [2.05, 4.69) is 15.3 Å². The fraction of sp³-hybridized carbons (Fsp3) is 0.107. The lowest BCUT2D eigenvalue weighted by molar-refractivity contribution is -0.137. The first kappa shape index (κ1) is 23.3. The second-order valence-corrected chi connectivity index (χ2v) is 8.54. The highest BCUT2D eigenvalue weighted by Crippen LogP contribution is 2.33. The van der Waals surface area contributed by atoms with Crippen molar-refractivity contribution in [2.45, 2.75) is 19.5 Å². The first-order valence-corrected chi connectivity index (χ1v) is 11.2. The number of halogens is 3. The Bertz CT molecular complexity index is 1630. The summed E-state index contributed by atoms with van der Waals surface area (Å²) in [5.74, 6) is 0.0341. The Labute approximate surface area is 204 Å². The van der Waals surface area contributed by atoms with Crippen molar-refractivity contribution in [2.75, 3.05) is 11.1 Å². The number of rotatable bonds is 4. The van der Waals surface area contributed by atoms with E-state index in [1.54, 1.807) is 42.7 Å². The number of nitrogens with zero attached hydrogens (tertiary/aromatic N) is 2. The van der Waals surface area contributed by atoms with Crippen molar-refractivity contribution >= 4 is 39.0 Å². The number of amides is 1. The highest BCUT2D eigenvalue weighted by molar-refractivity contribution is 6.16. The summed E-state index contributed by atoms with van der Waals surface area (Å²) < 4.78 is 39.5. The molecule has 5 aromatic rings. The third-order valence-corrected chi connectivity index (χ3v) is 6.18. The normalized spacial score (nSPS) is 11.7. The Hall–Kier alpha value is -4.46. The van der Waals surface area contributed by atoms with Crippen LogP contribution in [0.1, 0.15) is 32.7 Å². The molecule has 0 aliphatic carbocycles. The highest BCUT2D eigenvalue weighted by Gasteiger charge is 2.30. The number of aromatic nitrogens is 2. The van der Waals surface area contributed by atoms with E-state index in [0.29, 0.717) is 39.1 Å². The van der Waals surface area contributed by atoms with Gasteiger partial charge in [0, 0.05) is 40.5 Å². The van der Waals surface area contributed by atoms with Crippen LogP contribution in [-0.4, -0.2) is 15.9 Å². The standard InChI is InChI=1S/C28H21F3N4O/c1-16-8-9-20-21(11-12-33-24(20)15-17-4-2-5-18(14-17)28(29,30)31)25(16)35-27(36)23-7-3-6-22-19(23)10-13-34-26(22)32/h2-14H,15H2,1H3,(H2,32,34)(H,35,36). The van der Waals surface area contributed by atoms with E-state index in [0.717, 1.165) is 28.5 Å². The molecule has 0 aliphatic rings. The van der Waals surface area contributed by atoms with Crippen LogP contribution in [0.2, 0.25) is 0 Å². The molecule has 0 saturated carbocycles. The Kier molecular flexibility index (Phi) is 5.80. The number of carbonyl (C=O) groups is 1. The highest BCUT2D eigenvalue weighted by atomic mass is 19.4. The molecule has 2 heterocycles. The van der Waals surface area contributed by atoms with Crippen LogP contribution in [0.4, 0.5) is 24.7 Å². The van der Waals surface area contributed by atoms with Crippen molar-refractivity contribution in [3.63, 3.8) is 0 Å². The zero-order valence-corrected chi connectivity index (χ0v) is 19.2. The topological polar surface area (TPSA) is 80.9 Å². The van der Waals surface area contributed by atoms with E-state index in [1.165, 1.54) is 6.07 Å². The summed E-state index contributed by atoms with van der Waals surface area (Å²) in [5.41, 5.74) is 8.30. The van der Waals surface area contributed by atoms with Crippen LogP contribution in [0.15, 0.2) is 79.1 Å². The molecule has 0 bridgehead atoms. The van der Waals surface area contributed by atoms with Gasteiger partial charge in [0.2, 0.25) is 0 Å². The minimum atomic E-state index is -4.42. The van der Waals surface area contributed by atoms with Crippen molar-refractivity contribution in [3.05, 3.63) is 107 Å². The molecule has 8 heteroatoms. The number of fused-ring (bicyclic) bond motifs is 2. The summed E-state index contributed by atoms with van der Waals surface area (Å²) in [4.78, 5) is 21.9.